The van der Waals surface area contributed by atoms with E-state index in [0.29, 0.717) is 0 Å². The molecule has 6 aromatic carbocycles. The minimum absolute atomic E-state index is 0.0552. The first-order chi connectivity index (χ1) is 21.5. The van der Waals surface area contributed by atoms with E-state index < -0.39 is 0 Å². The number of rotatable bonds is 3. The first-order valence-electron chi connectivity index (χ1n) is 15.3. The Morgan fingerprint density at radius 3 is 2.20 bits per heavy atom. The van der Waals surface area contributed by atoms with Gasteiger partial charge < -0.3 is 9.13 Å². The van der Waals surface area contributed by atoms with E-state index in [-0.39, 0.29) is 5.41 Å². The summed E-state index contributed by atoms with van der Waals surface area (Å²) in [5.74, 6) is 0.980. The zero-order valence-corrected chi connectivity index (χ0v) is 25.0. The molecular weight excluding hydrogens is 534 g/mol. The monoisotopic (exact) mass is 565 g/mol. The van der Waals surface area contributed by atoms with Crippen LogP contribution in [0.25, 0.3) is 72.2 Å². The van der Waals surface area contributed by atoms with Crippen LogP contribution in [0.2, 0.25) is 0 Å². The van der Waals surface area contributed by atoms with Crippen LogP contribution in [0.4, 0.5) is 0 Å². The van der Waals surface area contributed by atoms with Gasteiger partial charge in [-0.15, -0.1) is 0 Å². The molecule has 44 heavy (non-hydrogen) atoms. The summed E-state index contributed by atoms with van der Waals surface area (Å²) >= 11 is 0. The van der Waals surface area contributed by atoms with E-state index in [9.17, 15) is 0 Å². The summed E-state index contributed by atoms with van der Waals surface area (Å²) in [6, 6.07) is 48.5. The van der Waals surface area contributed by atoms with Crippen LogP contribution in [-0.4, -0.2) is 14.1 Å². The average molecular weight is 566 g/mol. The van der Waals surface area contributed by atoms with E-state index in [2.05, 4.69) is 157 Å². The van der Waals surface area contributed by atoms with Gasteiger partial charge in [0.25, 0.3) is 0 Å². The topological polar surface area (TPSA) is 22.8 Å². The average Bonchev–Trinajstić information content (AvgIpc) is 3.66. The Labute approximate surface area is 256 Å². The largest absolute Gasteiger partial charge is 0.327 e. The van der Waals surface area contributed by atoms with E-state index >= 15 is 0 Å². The number of para-hydroxylation sites is 1. The van der Waals surface area contributed by atoms with Gasteiger partial charge in [-0.25, -0.2) is 4.98 Å². The standard InChI is InChI=1S/C41H31N3/c1-41(2)33-18-9-7-17-32(33)38-34(41)22-21-31-30-16-8-10-19-36(30)44(39(31)38)29-15-11-14-27(24-29)28-20-23-35-37(25-28)43(3)40(42-35)26-12-5-4-6-13-26/h4-25H,1-3H3. The number of nitrogens with zero attached hydrogens (tertiary/aromatic N) is 3. The first kappa shape index (κ1) is 25.1. The van der Waals surface area contributed by atoms with E-state index in [1.54, 1.807) is 0 Å². The zero-order valence-electron chi connectivity index (χ0n) is 25.0. The van der Waals surface area contributed by atoms with E-state index in [0.717, 1.165) is 22.4 Å². The molecule has 210 valence electrons. The molecule has 0 aliphatic heterocycles. The Kier molecular flexibility index (Phi) is 5.16. The SMILES string of the molecule is Cn1c(-c2ccccc2)nc2ccc(-c3cccc(-n4c5ccccc5c5ccc6c(c54)-c4ccccc4C6(C)C)c3)cc21. The maximum absolute atomic E-state index is 4.97. The molecule has 0 fully saturated rings. The highest BCUT2D eigenvalue weighted by Gasteiger charge is 2.37. The molecule has 1 aliphatic rings. The van der Waals surface area contributed by atoms with Crippen LogP contribution in [0.15, 0.2) is 133 Å². The Morgan fingerprint density at radius 1 is 0.568 bits per heavy atom. The van der Waals surface area contributed by atoms with Crippen molar-refractivity contribution < 1.29 is 0 Å². The quantitative estimate of drug-likeness (QED) is 0.209. The number of fused-ring (bicyclic) bond motifs is 8. The van der Waals surface area contributed by atoms with E-state index in [1.807, 2.05) is 6.07 Å². The lowest BCUT2D eigenvalue weighted by atomic mass is 9.82. The second-order valence-electron chi connectivity index (χ2n) is 12.5. The van der Waals surface area contributed by atoms with Gasteiger partial charge in [0.15, 0.2) is 0 Å². The predicted molar refractivity (Wildman–Crippen MR) is 183 cm³/mol. The van der Waals surface area contributed by atoms with Gasteiger partial charge in [-0.1, -0.05) is 117 Å². The molecule has 0 atom stereocenters. The third kappa shape index (κ3) is 3.41. The summed E-state index contributed by atoms with van der Waals surface area (Å²) < 4.78 is 4.69. The van der Waals surface area contributed by atoms with Crippen molar-refractivity contribution in [3.8, 4) is 39.3 Å². The minimum Gasteiger partial charge on any atom is -0.327 e. The normalized spacial score (nSPS) is 13.5. The predicted octanol–water partition coefficient (Wildman–Crippen LogP) is 10.3. The maximum atomic E-state index is 4.97. The van der Waals surface area contributed by atoms with Crippen LogP contribution >= 0.6 is 0 Å². The Bertz CT molecular complexity index is 2420. The maximum Gasteiger partial charge on any atom is 0.140 e. The lowest BCUT2D eigenvalue weighted by Crippen LogP contribution is -2.14. The Balaban J connectivity index is 1.27. The van der Waals surface area contributed by atoms with Crippen molar-refractivity contribution in [3.05, 3.63) is 145 Å². The molecule has 0 spiro atoms. The highest BCUT2D eigenvalue weighted by molar-refractivity contribution is 6.15. The lowest BCUT2D eigenvalue weighted by Gasteiger charge is -2.21. The van der Waals surface area contributed by atoms with Gasteiger partial charge in [0.2, 0.25) is 0 Å². The molecule has 0 saturated carbocycles. The van der Waals surface area contributed by atoms with Crippen LogP contribution < -0.4 is 0 Å². The number of aryl methyl sites for hydroxylation is 1. The molecule has 0 radical (unpaired) electrons. The van der Waals surface area contributed by atoms with Gasteiger partial charge in [-0.3, -0.25) is 0 Å². The summed E-state index contributed by atoms with van der Waals surface area (Å²) in [5.41, 5.74) is 14.7. The van der Waals surface area contributed by atoms with Gasteiger partial charge in [-0.2, -0.15) is 0 Å². The highest BCUT2D eigenvalue weighted by atomic mass is 15.1. The van der Waals surface area contributed by atoms with Crippen molar-refractivity contribution in [2.24, 2.45) is 7.05 Å². The van der Waals surface area contributed by atoms with E-state index in [4.69, 9.17) is 4.98 Å². The van der Waals surface area contributed by atoms with Crippen LogP contribution in [0, 0.1) is 0 Å². The summed E-state index contributed by atoms with van der Waals surface area (Å²) in [7, 11) is 2.11. The molecule has 0 saturated heterocycles. The van der Waals surface area contributed by atoms with Gasteiger partial charge in [-0.05, 0) is 58.1 Å². The molecule has 0 N–H and O–H groups in total. The third-order valence-electron chi connectivity index (χ3n) is 9.73. The molecule has 3 heteroatoms. The van der Waals surface area contributed by atoms with Crippen molar-refractivity contribution in [3.63, 3.8) is 0 Å². The van der Waals surface area contributed by atoms with Crippen molar-refractivity contribution >= 4 is 32.8 Å². The van der Waals surface area contributed by atoms with Crippen molar-refractivity contribution in [1.82, 2.24) is 14.1 Å². The Morgan fingerprint density at radius 2 is 1.32 bits per heavy atom. The number of aromatic nitrogens is 3. The molecule has 3 nitrogen and oxygen atoms in total. The molecule has 2 aromatic heterocycles. The van der Waals surface area contributed by atoms with Gasteiger partial charge in [0.05, 0.1) is 22.1 Å². The van der Waals surface area contributed by atoms with E-state index in [1.165, 1.54) is 60.9 Å². The molecule has 2 heterocycles. The van der Waals surface area contributed by atoms with Gasteiger partial charge in [0, 0.05) is 40.0 Å². The smallest absolute Gasteiger partial charge is 0.140 e. The molecular formula is C41H31N3. The zero-order chi connectivity index (χ0) is 29.6. The second-order valence-corrected chi connectivity index (χ2v) is 12.5. The first-order valence-corrected chi connectivity index (χ1v) is 15.3. The van der Waals surface area contributed by atoms with Gasteiger partial charge >= 0.3 is 0 Å². The van der Waals surface area contributed by atoms with Crippen LogP contribution in [0.3, 0.4) is 0 Å². The van der Waals surface area contributed by atoms with Crippen LogP contribution in [0.1, 0.15) is 25.0 Å². The summed E-state index contributed by atoms with van der Waals surface area (Å²) in [5, 5.41) is 2.57. The number of hydrogen-bond donors (Lipinski definition) is 0. The fourth-order valence-corrected chi connectivity index (χ4v) is 7.55. The number of imidazole rings is 1. The second kappa shape index (κ2) is 9.05. The molecule has 1 aliphatic carbocycles. The Hall–Kier alpha value is -5.41. The van der Waals surface area contributed by atoms with Crippen molar-refractivity contribution in [1.29, 1.82) is 0 Å². The van der Waals surface area contributed by atoms with Crippen LogP contribution in [0.5, 0.6) is 0 Å². The van der Waals surface area contributed by atoms with Crippen molar-refractivity contribution in [2.75, 3.05) is 0 Å². The van der Waals surface area contributed by atoms with Crippen LogP contribution in [-0.2, 0) is 12.5 Å². The number of benzene rings is 6. The summed E-state index contributed by atoms with van der Waals surface area (Å²) in [6.45, 7) is 4.71. The molecule has 0 unspecified atom stereocenters. The summed E-state index contributed by atoms with van der Waals surface area (Å²) in [6.07, 6.45) is 0. The van der Waals surface area contributed by atoms with Crippen molar-refractivity contribution in [2.45, 2.75) is 19.3 Å². The number of hydrogen-bond acceptors (Lipinski definition) is 1. The minimum atomic E-state index is -0.0552. The molecule has 8 aromatic rings. The highest BCUT2D eigenvalue weighted by Crippen LogP contribution is 2.52. The molecule has 0 bridgehead atoms. The summed E-state index contributed by atoms with van der Waals surface area (Å²) in [4.78, 5) is 4.97. The lowest BCUT2D eigenvalue weighted by molar-refractivity contribution is 0.661. The molecule has 0 amide bonds. The molecule has 9 rings (SSSR count). The van der Waals surface area contributed by atoms with Gasteiger partial charge in [0.1, 0.15) is 5.82 Å². The fraction of sp³-hybridized carbons (Fsp3) is 0.0976. The third-order valence-corrected chi connectivity index (χ3v) is 9.73. The fourth-order valence-electron chi connectivity index (χ4n) is 7.55.